The van der Waals surface area contributed by atoms with Crippen LogP contribution in [0.15, 0.2) is 73.2 Å². The summed E-state index contributed by atoms with van der Waals surface area (Å²) < 4.78 is 0. The lowest BCUT2D eigenvalue weighted by Gasteiger charge is -2.32. The first kappa shape index (κ1) is 21.2. The highest BCUT2D eigenvalue weighted by Gasteiger charge is 2.28. The van der Waals surface area contributed by atoms with E-state index in [9.17, 15) is 4.79 Å². The number of carboxylic acid groups (broad SMARTS) is 1. The minimum Gasteiger partial charge on any atom is -0.478 e. The Hall–Kier alpha value is -3.70. The van der Waals surface area contributed by atoms with Crippen molar-refractivity contribution in [1.29, 1.82) is 0 Å². The fourth-order valence-electron chi connectivity index (χ4n) is 4.35. The van der Waals surface area contributed by atoms with E-state index in [1.54, 1.807) is 18.5 Å². The summed E-state index contributed by atoms with van der Waals surface area (Å²) in [5.74, 6) is -0.556. The van der Waals surface area contributed by atoms with Gasteiger partial charge in [0, 0.05) is 29.4 Å². The maximum atomic E-state index is 10.9. The van der Waals surface area contributed by atoms with Gasteiger partial charge in [0.05, 0.1) is 16.7 Å². The Morgan fingerprint density at radius 3 is 2.55 bits per heavy atom. The number of carboxylic acids is 1. The van der Waals surface area contributed by atoms with Crippen molar-refractivity contribution < 1.29 is 9.90 Å². The molecule has 5 nitrogen and oxygen atoms in total. The highest BCUT2D eigenvalue weighted by atomic mass is 35.5. The summed E-state index contributed by atoms with van der Waals surface area (Å²) in [7, 11) is 0. The number of halogens is 1. The zero-order valence-corrected chi connectivity index (χ0v) is 18.6. The fraction of sp³-hybridized carbons (Fsp3) is 0.148. The van der Waals surface area contributed by atoms with Gasteiger partial charge in [0.15, 0.2) is 0 Å². The summed E-state index contributed by atoms with van der Waals surface area (Å²) in [5.41, 5.74) is 7.33. The maximum Gasteiger partial charge on any atom is 0.328 e. The highest BCUT2D eigenvalue weighted by molar-refractivity contribution is 6.32. The topological polar surface area (TPSA) is 78.9 Å². The number of allylic oxidation sites excluding steroid dienone is 1. The molecular formula is C27H22ClN3O2. The van der Waals surface area contributed by atoms with Crippen molar-refractivity contribution in [1.82, 2.24) is 15.2 Å². The predicted octanol–water partition coefficient (Wildman–Crippen LogP) is 6.47. The number of aromatic nitrogens is 3. The summed E-state index contributed by atoms with van der Waals surface area (Å²) in [4.78, 5) is 15.1. The smallest absolute Gasteiger partial charge is 0.328 e. The molecule has 0 unspecified atom stereocenters. The minimum absolute atomic E-state index is 0.409. The number of hydrogen-bond acceptors (Lipinski definition) is 3. The molecule has 33 heavy (non-hydrogen) atoms. The summed E-state index contributed by atoms with van der Waals surface area (Å²) in [6.07, 6.45) is 11.5. The van der Waals surface area contributed by atoms with Crippen LogP contribution in [0.4, 0.5) is 0 Å². The molecule has 1 saturated carbocycles. The van der Waals surface area contributed by atoms with Crippen LogP contribution in [0.5, 0.6) is 0 Å². The molecular weight excluding hydrogens is 434 g/mol. The van der Waals surface area contributed by atoms with Gasteiger partial charge in [0.1, 0.15) is 0 Å². The molecule has 0 aliphatic heterocycles. The Bertz CT molecular complexity index is 1380. The van der Waals surface area contributed by atoms with E-state index < -0.39 is 5.97 Å². The third kappa shape index (κ3) is 4.32. The summed E-state index contributed by atoms with van der Waals surface area (Å²) >= 11 is 6.66. The van der Waals surface area contributed by atoms with E-state index in [4.69, 9.17) is 16.7 Å². The molecule has 2 aromatic heterocycles. The van der Waals surface area contributed by atoms with Gasteiger partial charge in [-0.25, -0.2) is 4.79 Å². The zero-order chi connectivity index (χ0) is 22.8. The van der Waals surface area contributed by atoms with Crippen LogP contribution in [-0.4, -0.2) is 26.3 Å². The second-order valence-corrected chi connectivity index (χ2v) is 8.64. The number of H-pyrrole nitrogens is 1. The van der Waals surface area contributed by atoms with Gasteiger partial charge in [0.2, 0.25) is 0 Å². The van der Waals surface area contributed by atoms with Crippen molar-refractivity contribution >= 4 is 45.7 Å². The number of rotatable bonds is 6. The first-order chi connectivity index (χ1) is 16.1. The Balaban J connectivity index is 1.74. The molecule has 1 aliphatic rings. The molecule has 0 radical (unpaired) electrons. The lowest BCUT2D eigenvalue weighted by Crippen LogP contribution is -2.15. The van der Waals surface area contributed by atoms with Crippen LogP contribution in [0.25, 0.3) is 28.1 Å². The summed E-state index contributed by atoms with van der Waals surface area (Å²) in [6, 6.07) is 16.3. The number of nitrogens with one attached hydrogen (secondary N) is 1. The fourth-order valence-corrected chi connectivity index (χ4v) is 4.57. The standard InChI is InChI=1S/C27H22ClN3O2/c28-23-16-29-13-12-22(23)27(18-2-1-3-18)26(20-9-10-24-21(14-20)15-30-31-24)19-7-4-17(5-8-19)6-11-25(32)33/h4-16,18H,1-3H2,(H,30,31)(H,32,33)/b11-6+,27-26+. The predicted molar refractivity (Wildman–Crippen MR) is 132 cm³/mol. The molecule has 2 aromatic carbocycles. The van der Waals surface area contributed by atoms with Crippen molar-refractivity contribution in [3.63, 3.8) is 0 Å². The number of benzene rings is 2. The Morgan fingerprint density at radius 2 is 1.85 bits per heavy atom. The van der Waals surface area contributed by atoms with Crippen molar-refractivity contribution in [3.05, 3.63) is 100 Å². The van der Waals surface area contributed by atoms with Crippen LogP contribution in [-0.2, 0) is 4.79 Å². The van der Waals surface area contributed by atoms with Crippen LogP contribution in [0.3, 0.4) is 0 Å². The van der Waals surface area contributed by atoms with E-state index in [2.05, 4.69) is 27.3 Å². The molecule has 1 fully saturated rings. The quantitative estimate of drug-likeness (QED) is 0.326. The number of hydrogen-bond donors (Lipinski definition) is 2. The lowest BCUT2D eigenvalue weighted by molar-refractivity contribution is -0.131. The Labute approximate surface area is 196 Å². The van der Waals surface area contributed by atoms with Crippen LogP contribution >= 0.6 is 11.6 Å². The molecule has 2 heterocycles. The normalized spacial score (nSPS) is 14.9. The van der Waals surface area contributed by atoms with Crippen molar-refractivity contribution in [3.8, 4) is 0 Å². The highest BCUT2D eigenvalue weighted by Crippen LogP contribution is 2.46. The summed E-state index contributed by atoms with van der Waals surface area (Å²) in [6.45, 7) is 0. The molecule has 0 saturated heterocycles. The molecule has 6 heteroatoms. The number of pyridine rings is 1. The van der Waals surface area contributed by atoms with E-state index in [0.717, 1.165) is 57.6 Å². The van der Waals surface area contributed by atoms with E-state index in [1.807, 2.05) is 42.6 Å². The average Bonchev–Trinajstić information content (AvgIpc) is 3.25. The molecule has 1 aliphatic carbocycles. The number of aromatic amines is 1. The molecule has 0 spiro atoms. The van der Waals surface area contributed by atoms with E-state index in [1.165, 1.54) is 12.0 Å². The molecule has 2 N–H and O–H groups in total. The van der Waals surface area contributed by atoms with Crippen molar-refractivity contribution in [2.24, 2.45) is 5.92 Å². The average molecular weight is 456 g/mol. The van der Waals surface area contributed by atoms with E-state index >= 15 is 0 Å². The van der Waals surface area contributed by atoms with Crippen LogP contribution in [0.1, 0.15) is 41.5 Å². The van der Waals surface area contributed by atoms with Gasteiger partial charge in [-0.3, -0.25) is 10.1 Å². The number of nitrogens with zero attached hydrogens (tertiary/aromatic N) is 2. The minimum atomic E-state index is -0.965. The van der Waals surface area contributed by atoms with Crippen molar-refractivity contribution in [2.45, 2.75) is 19.3 Å². The summed E-state index contributed by atoms with van der Waals surface area (Å²) in [5, 5.41) is 17.8. The monoisotopic (exact) mass is 455 g/mol. The molecule has 0 bridgehead atoms. The molecule has 5 rings (SSSR count). The maximum absolute atomic E-state index is 10.9. The third-order valence-corrected chi connectivity index (χ3v) is 6.49. The lowest BCUT2D eigenvalue weighted by atomic mass is 9.73. The van der Waals surface area contributed by atoms with Crippen LogP contribution in [0.2, 0.25) is 5.02 Å². The van der Waals surface area contributed by atoms with Gasteiger partial charge in [-0.15, -0.1) is 0 Å². The van der Waals surface area contributed by atoms with Gasteiger partial charge < -0.3 is 5.11 Å². The zero-order valence-electron chi connectivity index (χ0n) is 17.8. The first-order valence-corrected chi connectivity index (χ1v) is 11.3. The second-order valence-electron chi connectivity index (χ2n) is 8.24. The molecule has 0 amide bonds. The van der Waals surface area contributed by atoms with Gasteiger partial charge in [-0.05, 0) is 70.9 Å². The number of carbonyl (C=O) groups is 1. The van der Waals surface area contributed by atoms with Gasteiger partial charge in [-0.1, -0.05) is 48.4 Å². The third-order valence-electron chi connectivity index (χ3n) is 6.19. The molecule has 4 aromatic rings. The van der Waals surface area contributed by atoms with Gasteiger partial charge in [0.25, 0.3) is 0 Å². The molecule has 0 atom stereocenters. The Kier molecular flexibility index (Phi) is 5.80. The largest absolute Gasteiger partial charge is 0.478 e. The first-order valence-electron chi connectivity index (χ1n) is 10.9. The van der Waals surface area contributed by atoms with Gasteiger partial charge >= 0.3 is 5.97 Å². The van der Waals surface area contributed by atoms with Crippen LogP contribution in [0, 0.1) is 5.92 Å². The Morgan fingerprint density at radius 1 is 1.06 bits per heavy atom. The molecule has 164 valence electrons. The van der Waals surface area contributed by atoms with Crippen molar-refractivity contribution in [2.75, 3.05) is 0 Å². The van der Waals surface area contributed by atoms with Gasteiger partial charge in [-0.2, -0.15) is 5.10 Å². The van der Waals surface area contributed by atoms with Crippen LogP contribution < -0.4 is 0 Å². The van der Waals surface area contributed by atoms with E-state index in [0.29, 0.717) is 10.9 Å². The second kappa shape index (κ2) is 9.04. The number of fused-ring (bicyclic) bond motifs is 1. The van der Waals surface area contributed by atoms with E-state index in [-0.39, 0.29) is 0 Å². The number of aliphatic carboxylic acids is 1. The SMILES string of the molecule is O=C(O)/C=C/c1ccc(/C(=C(\c2ccncc2Cl)C2CCC2)c2ccc3[nH]ncc3c2)cc1.